The van der Waals surface area contributed by atoms with E-state index < -0.39 is 46.5 Å². The van der Waals surface area contributed by atoms with Crippen LogP contribution in [-0.2, 0) is 8.99 Å². The number of hydrogen-bond acceptors (Lipinski definition) is 2. The molecule has 0 bridgehead atoms. The number of carbonyl (C=O) groups excluding carboxylic acids is 1. The summed E-state index contributed by atoms with van der Waals surface area (Å²) in [4.78, 5) is 10.8. The average Bonchev–Trinajstić information content (AvgIpc) is 2.24. The Hall–Kier alpha value is -0.917. The molecule has 1 aromatic carbocycles. The van der Waals surface area contributed by atoms with Crippen molar-refractivity contribution in [3.63, 3.8) is 0 Å². The molecule has 1 aromatic rings. The van der Waals surface area contributed by atoms with Crippen molar-refractivity contribution in [1.82, 2.24) is 0 Å². The molecule has 0 aliphatic rings. The fourth-order valence-corrected chi connectivity index (χ4v) is 1.51. The van der Waals surface area contributed by atoms with Gasteiger partial charge in [0.05, 0.1) is 0 Å². The van der Waals surface area contributed by atoms with E-state index in [0.717, 1.165) is 0 Å². The summed E-state index contributed by atoms with van der Waals surface area (Å²) in [5.74, 6) is -12.0. The quantitative estimate of drug-likeness (QED) is 0.357. The molecule has 0 saturated carbocycles. The summed E-state index contributed by atoms with van der Waals surface area (Å²) in [5, 5.41) is 0. The van der Waals surface area contributed by atoms with Gasteiger partial charge in [0, 0.05) is 0 Å². The minimum absolute atomic E-state index is 0.361. The van der Waals surface area contributed by atoms with Crippen molar-refractivity contribution in [2.45, 2.75) is 6.18 Å². The summed E-state index contributed by atoms with van der Waals surface area (Å²) in [5.41, 5.74) is -4.56. The molecule has 2 nitrogen and oxygen atoms in total. The topological polar surface area (TPSA) is 26.3 Å². The molecule has 0 heterocycles. The molecule has 0 amide bonds. The second kappa shape index (κ2) is 4.99. The fourth-order valence-electron chi connectivity index (χ4n) is 1.11. The molecule has 18 heavy (non-hydrogen) atoms. The Kier molecular flexibility index (Phi) is 4.20. The second-order valence-corrected chi connectivity index (χ2v) is 3.69. The van der Waals surface area contributed by atoms with Gasteiger partial charge in [-0.25, -0.2) is 0 Å². The zero-order valence-corrected chi connectivity index (χ0v) is 11.8. The summed E-state index contributed by atoms with van der Waals surface area (Å²) >= 11 is -0.361. The number of halogens is 7. The standard InChI is InChI=1S/C8HF7O2.Bi.H/c9-3-1(7(16)17)4(10)6(12)2(5(3)11)8(13,14)15;;/h(H,16,17);;/q;+1;/p-1. The van der Waals surface area contributed by atoms with Crippen molar-refractivity contribution in [1.29, 1.82) is 0 Å². The van der Waals surface area contributed by atoms with Gasteiger partial charge in [-0.05, 0) is 0 Å². The normalized spacial score (nSPS) is 11.6. The van der Waals surface area contributed by atoms with Gasteiger partial charge in [-0.2, -0.15) is 0 Å². The monoisotopic (exact) mass is 471 g/mol. The Morgan fingerprint density at radius 3 is 1.61 bits per heavy atom. The number of hydrogen-bond donors (Lipinski definition) is 0. The summed E-state index contributed by atoms with van der Waals surface area (Å²) in [7, 11) is 0. The van der Waals surface area contributed by atoms with Crippen LogP contribution in [0.2, 0.25) is 0 Å². The number of carbonyl (C=O) groups is 1. The van der Waals surface area contributed by atoms with Crippen molar-refractivity contribution < 1.29 is 38.3 Å². The molecule has 1 radical (unpaired) electrons. The van der Waals surface area contributed by atoms with E-state index in [0.29, 0.717) is 0 Å². The van der Waals surface area contributed by atoms with Crippen LogP contribution >= 0.6 is 0 Å². The number of rotatable bonds is 1. The molecule has 0 saturated heterocycles. The number of benzene rings is 1. The van der Waals surface area contributed by atoms with Crippen molar-refractivity contribution in [2.75, 3.05) is 0 Å². The van der Waals surface area contributed by atoms with Crippen molar-refractivity contribution >= 4 is 31.1 Å². The maximum atomic E-state index is 13.1. The predicted octanol–water partition coefficient (Wildman–Crippen LogP) is 2.23. The minimum atomic E-state index is -5.64. The molecule has 0 aliphatic heterocycles. The molecule has 10 heteroatoms. The number of alkyl halides is 3. The van der Waals surface area contributed by atoms with Crippen LogP contribution in [0.4, 0.5) is 30.7 Å². The van der Waals surface area contributed by atoms with Crippen LogP contribution in [0.5, 0.6) is 0 Å². The fraction of sp³-hybridized carbons (Fsp3) is 0.125. The van der Waals surface area contributed by atoms with Crippen LogP contribution in [0.25, 0.3) is 0 Å². The van der Waals surface area contributed by atoms with Gasteiger partial charge in [-0.3, -0.25) is 0 Å². The van der Waals surface area contributed by atoms with Crippen LogP contribution in [0.3, 0.4) is 0 Å². The summed E-state index contributed by atoms with van der Waals surface area (Å²) in [6.45, 7) is 0. The second-order valence-electron chi connectivity index (χ2n) is 2.89. The van der Waals surface area contributed by atoms with E-state index in [2.05, 4.69) is 2.81 Å². The molecule has 0 fully saturated rings. The van der Waals surface area contributed by atoms with Gasteiger partial charge in [0.15, 0.2) is 0 Å². The predicted molar refractivity (Wildman–Crippen MR) is 43.8 cm³/mol. The maximum absolute atomic E-state index is 13.1. The van der Waals surface area contributed by atoms with E-state index in [-0.39, 0.29) is 25.2 Å². The molecule has 0 aromatic heterocycles. The Bertz CT molecular complexity index is 482. The van der Waals surface area contributed by atoms with Crippen molar-refractivity contribution in [3.8, 4) is 0 Å². The Balaban J connectivity index is 3.72. The van der Waals surface area contributed by atoms with Gasteiger partial charge in [-0.15, -0.1) is 0 Å². The first kappa shape index (κ1) is 15.1. The third-order valence-electron chi connectivity index (χ3n) is 1.84. The van der Waals surface area contributed by atoms with E-state index in [4.69, 9.17) is 0 Å². The molecular formula is C8HBiF7O2. The summed E-state index contributed by atoms with van der Waals surface area (Å²) < 4.78 is 92.6. The van der Waals surface area contributed by atoms with Crippen LogP contribution in [0.15, 0.2) is 0 Å². The van der Waals surface area contributed by atoms with Crippen LogP contribution in [0.1, 0.15) is 15.9 Å². The van der Waals surface area contributed by atoms with Crippen molar-refractivity contribution in [2.24, 2.45) is 0 Å². The molecule has 99 valence electrons. The van der Waals surface area contributed by atoms with Crippen molar-refractivity contribution in [3.05, 3.63) is 34.4 Å². The van der Waals surface area contributed by atoms with E-state index in [1.807, 2.05) is 0 Å². The van der Waals surface area contributed by atoms with Crippen LogP contribution in [0, 0.1) is 23.3 Å². The first-order valence-corrected chi connectivity index (χ1v) is 5.52. The van der Waals surface area contributed by atoms with E-state index in [9.17, 15) is 35.5 Å². The van der Waals surface area contributed by atoms with Gasteiger partial charge < -0.3 is 0 Å². The third-order valence-corrected chi connectivity index (χ3v) is 2.56. The van der Waals surface area contributed by atoms with Crippen LogP contribution in [-0.4, -0.2) is 31.1 Å². The molecular weight excluding hydrogens is 470 g/mol. The first-order chi connectivity index (χ1) is 8.12. The molecule has 0 atom stereocenters. The molecule has 0 aliphatic carbocycles. The Morgan fingerprint density at radius 1 is 0.944 bits per heavy atom. The molecule has 0 N–H and O–H groups in total. The average molecular weight is 471 g/mol. The summed E-state index contributed by atoms with van der Waals surface area (Å²) in [6.07, 6.45) is -5.64. The molecule has 0 unspecified atom stereocenters. The first-order valence-electron chi connectivity index (χ1n) is 3.94. The van der Waals surface area contributed by atoms with E-state index in [1.165, 1.54) is 0 Å². The van der Waals surface area contributed by atoms with Gasteiger partial charge in [0.25, 0.3) is 0 Å². The molecule has 1 rings (SSSR count). The van der Waals surface area contributed by atoms with Gasteiger partial charge in [-0.1, -0.05) is 0 Å². The van der Waals surface area contributed by atoms with Gasteiger partial charge in [0.1, 0.15) is 0 Å². The zero-order valence-electron chi connectivity index (χ0n) is 7.96. The third kappa shape index (κ3) is 2.43. The van der Waals surface area contributed by atoms with E-state index >= 15 is 0 Å². The van der Waals surface area contributed by atoms with E-state index in [1.54, 1.807) is 0 Å². The SMILES string of the molecule is O=C([O][BiH])c1c(F)c(F)c(C(F)(F)F)c(F)c1F. The van der Waals surface area contributed by atoms with Gasteiger partial charge >= 0.3 is 110 Å². The van der Waals surface area contributed by atoms with Gasteiger partial charge in [0.2, 0.25) is 0 Å². The summed E-state index contributed by atoms with van der Waals surface area (Å²) in [6, 6.07) is 0. The van der Waals surface area contributed by atoms with Crippen LogP contribution < -0.4 is 0 Å². The zero-order chi connectivity index (χ0) is 14.2. The Labute approximate surface area is 110 Å². The Morgan fingerprint density at radius 2 is 1.33 bits per heavy atom. The molecule has 0 spiro atoms.